The van der Waals surface area contributed by atoms with Crippen LogP contribution in [0.4, 0.5) is 0 Å². The van der Waals surface area contributed by atoms with E-state index in [2.05, 4.69) is 0 Å². The lowest BCUT2D eigenvalue weighted by molar-refractivity contribution is -0.120. The van der Waals surface area contributed by atoms with Crippen LogP contribution < -0.4 is 10.5 Å². The molecule has 13 heavy (non-hydrogen) atoms. The Kier molecular flexibility index (Phi) is 2.87. The van der Waals surface area contributed by atoms with Gasteiger partial charge in [0.25, 0.3) is 5.91 Å². The van der Waals surface area contributed by atoms with Crippen molar-refractivity contribution in [1.29, 1.82) is 5.26 Å². The Hall–Kier alpha value is -2.02. The van der Waals surface area contributed by atoms with Gasteiger partial charge in [0.2, 0.25) is 0 Å². The molecule has 0 saturated carbocycles. The molecular formula is C9H7N2O2. The molecule has 1 N–H and O–H groups in total. The fraction of sp³-hybridized carbons (Fsp3) is 0.111. The average Bonchev–Trinajstić information content (AvgIpc) is 2.15. The number of nitriles is 1. The molecule has 4 heteroatoms. The number of carbonyl (C=O) groups is 1. The topological polar surface area (TPSA) is 73.9 Å². The number of benzene rings is 1. The molecule has 4 nitrogen and oxygen atoms in total. The summed E-state index contributed by atoms with van der Waals surface area (Å²) in [5.74, 6) is -0.288. The van der Waals surface area contributed by atoms with Crippen molar-refractivity contribution in [3.05, 3.63) is 29.8 Å². The molecule has 1 amide bonds. The second-order valence-corrected chi connectivity index (χ2v) is 2.35. The predicted molar refractivity (Wildman–Crippen MR) is 44.8 cm³/mol. The van der Waals surface area contributed by atoms with E-state index in [0.717, 1.165) is 0 Å². The van der Waals surface area contributed by atoms with Gasteiger partial charge in [-0.3, -0.25) is 10.5 Å². The minimum absolute atomic E-state index is 0.258. The van der Waals surface area contributed by atoms with E-state index in [1.54, 1.807) is 24.3 Å². The largest absolute Gasteiger partial charge is 0.484 e. The lowest BCUT2D eigenvalue weighted by Gasteiger charge is -2.01. The zero-order valence-corrected chi connectivity index (χ0v) is 6.78. The first kappa shape index (κ1) is 9.07. The van der Waals surface area contributed by atoms with E-state index >= 15 is 0 Å². The summed E-state index contributed by atoms with van der Waals surface area (Å²) in [5, 5.41) is 8.47. The normalized spacial score (nSPS) is 8.85. The van der Waals surface area contributed by atoms with Crippen LogP contribution in [0.25, 0.3) is 0 Å². The predicted octanol–water partition coefficient (Wildman–Crippen LogP) is 0.747. The summed E-state index contributed by atoms with van der Waals surface area (Å²) in [6.07, 6.45) is 0. The smallest absolute Gasteiger partial charge is 0.276 e. The first-order chi connectivity index (χ1) is 6.22. The minimum Gasteiger partial charge on any atom is -0.484 e. The van der Waals surface area contributed by atoms with Crippen LogP contribution in [-0.4, -0.2) is 12.5 Å². The fourth-order valence-corrected chi connectivity index (χ4v) is 0.775. The summed E-state index contributed by atoms with van der Waals surface area (Å²) >= 11 is 0. The Labute approximate surface area is 75.5 Å². The third-order valence-corrected chi connectivity index (χ3v) is 1.35. The summed E-state index contributed by atoms with van der Waals surface area (Å²) in [6.45, 7) is -0.258. The van der Waals surface area contributed by atoms with Gasteiger partial charge >= 0.3 is 0 Å². The van der Waals surface area contributed by atoms with Gasteiger partial charge in [-0.25, -0.2) is 0 Å². The quantitative estimate of drug-likeness (QED) is 0.680. The van der Waals surface area contributed by atoms with E-state index in [9.17, 15) is 4.79 Å². The minimum atomic E-state index is -0.774. The van der Waals surface area contributed by atoms with E-state index in [4.69, 9.17) is 15.7 Å². The molecule has 0 aliphatic rings. The first-order valence-electron chi connectivity index (χ1n) is 3.60. The van der Waals surface area contributed by atoms with Crippen molar-refractivity contribution in [3.63, 3.8) is 0 Å². The summed E-state index contributed by atoms with van der Waals surface area (Å²) in [6, 6.07) is 8.30. The highest BCUT2D eigenvalue weighted by Crippen LogP contribution is 2.10. The van der Waals surface area contributed by atoms with Crippen molar-refractivity contribution < 1.29 is 9.53 Å². The van der Waals surface area contributed by atoms with Crippen LogP contribution in [0.3, 0.4) is 0 Å². The molecule has 0 bridgehead atoms. The fourth-order valence-electron chi connectivity index (χ4n) is 0.775. The van der Waals surface area contributed by atoms with E-state index < -0.39 is 5.91 Å². The molecule has 0 saturated heterocycles. The van der Waals surface area contributed by atoms with E-state index in [-0.39, 0.29) is 6.61 Å². The SMILES string of the molecule is N#Cc1ccc(OCC([NH])=O)cc1. The van der Waals surface area contributed by atoms with Gasteiger partial charge in [-0.15, -0.1) is 0 Å². The summed E-state index contributed by atoms with van der Waals surface area (Å²) in [7, 11) is 0. The van der Waals surface area contributed by atoms with Gasteiger partial charge < -0.3 is 4.74 Å². The van der Waals surface area contributed by atoms with Crippen molar-refractivity contribution in [2.24, 2.45) is 0 Å². The number of rotatable bonds is 3. The Morgan fingerprint density at radius 1 is 1.46 bits per heavy atom. The van der Waals surface area contributed by atoms with Gasteiger partial charge in [-0.1, -0.05) is 0 Å². The second kappa shape index (κ2) is 4.12. The molecule has 0 fully saturated rings. The Morgan fingerprint density at radius 2 is 2.08 bits per heavy atom. The van der Waals surface area contributed by atoms with Crippen molar-refractivity contribution in [2.45, 2.75) is 0 Å². The molecule has 1 radical (unpaired) electrons. The number of nitrogens with zero attached hydrogens (tertiary/aromatic N) is 1. The highest BCUT2D eigenvalue weighted by Gasteiger charge is 1.97. The van der Waals surface area contributed by atoms with Crippen molar-refractivity contribution in [1.82, 2.24) is 5.73 Å². The monoisotopic (exact) mass is 175 g/mol. The molecule has 0 atom stereocenters. The number of carbonyl (C=O) groups excluding carboxylic acids is 1. The summed E-state index contributed by atoms with van der Waals surface area (Å²) in [5.41, 5.74) is 7.12. The zero-order valence-electron chi connectivity index (χ0n) is 6.78. The molecule has 0 spiro atoms. The lowest BCUT2D eigenvalue weighted by atomic mass is 10.2. The molecule has 0 aliphatic carbocycles. The maximum absolute atomic E-state index is 10.2. The standard InChI is InChI=1S/C9H7N2O2/c10-5-7-1-3-8(4-2-7)13-6-9(11)12/h1-4,11H,6H2. The summed E-state index contributed by atoms with van der Waals surface area (Å²) in [4.78, 5) is 10.2. The third kappa shape index (κ3) is 2.83. The van der Waals surface area contributed by atoms with Crippen LogP contribution in [0, 0.1) is 11.3 Å². The van der Waals surface area contributed by atoms with Crippen molar-refractivity contribution in [3.8, 4) is 11.8 Å². The highest BCUT2D eigenvalue weighted by atomic mass is 16.5. The number of ether oxygens (including phenoxy) is 1. The molecule has 0 aliphatic heterocycles. The van der Waals surface area contributed by atoms with Crippen LogP contribution >= 0.6 is 0 Å². The molecule has 0 aromatic heterocycles. The molecule has 1 aromatic rings. The molecule has 1 aromatic carbocycles. The second-order valence-electron chi connectivity index (χ2n) is 2.35. The Balaban J connectivity index is 2.60. The van der Waals surface area contributed by atoms with Gasteiger partial charge in [-0.2, -0.15) is 5.26 Å². The molecule has 0 unspecified atom stereocenters. The van der Waals surface area contributed by atoms with Gasteiger partial charge in [0.05, 0.1) is 11.6 Å². The molecule has 0 heterocycles. The summed E-state index contributed by atoms with van der Waals surface area (Å²) < 4.78 is 4.92. The van der Waals surface area contributed by atoms with Gasteiger partial charge in [0.15, 0.2) is 6.61 Å². The lowest BCUT2D eigenvalue weighted by Crippen LogP contribution is -2.11. The number of amides is 1. The maximum Gasteiger partial charge on any atom is 0.276 e. The van der Waals surface area contributed by atoms with Crippen LogP contribution in [0.2, 0.25) is 0 Å². The van der Waals surface area contributed by atoms with E-state index in [1.807, 2.05) is 6.07 Å². The van der Waals surface area contributed by atoms with Gasteiger partial charge in [0, 0.05) is 0 Å². The van der Waals surface area contributed by atoms with Crippen LogP contribution in [0.15, 0.2) is 24.3 Å². The highest BCUT2D eigenvalue weighted by molar-refractivity contribution is 5.74. The van der Waals surface area contributed by atoms with Crippen molar-refractivity contribution in [2.75, 3.05) is 6.61 Å². The number of hydrogen-bond donors (Lipinski definition) is 0. The zero-order chi connectivity index (χ0) is 9.68. The van der Waals surface area contributed by atoms with Gasteiger partial charge in [-0.05, 0) is 24.3 Å². The number of hydrogen-bond acceptors (Lipinski definition) is 3. The van der Waals surface area contributed by atoms with Gasteiger partial charge in [0.1, 0.15) is 5.75 Å². The van der Waals surface area contributed by atoms with Crippen LogP contribution in [0.5, 0.6) is 5.75 Å². The van der Waals surface area contributed by atoms with E-state index in [1.165, 1.54) is 0 Å². The van der Waals surface area contributed by atoms with Crippen molar-refractivity contribution >= 4 is 5.91 Å². The first-order valence-corrected chi connectivity index (χ1v) is 3.60. The van der Waals surface area contributed by atoms with E-state index in [0.29, 0.717) is 11.3 Å². The third-order valence-electron chi connectivity index (χ3n) is 1.35. The molecule has 65 valence electrons. The average molecular weight is 175 g/mol. The molecular weight excluding hydrogens is 168 g/mol. The Bertz CT molecular complexity index is 338. The van der Waals surface area contributed by atoms with Crippen LogP contribution in [0.1, 0.15) is 5.56 Å². The maximum atomic E-state index is 10.2. The Morgan fingerprint density at radius 3 is 2.54 bits per heavy atom. The molecule has 1 rings (SSSR count). The number of nitrogens with one attached hydrogen (secondary N) is 1. The van der Waals surface area contributed by atoms with Crippen LogP contribution in [-0.2, 0) is 4.79 Å².